The van der Waals surface area contributed by atoms with Crippen LogP contribution in [0.25, 0.3) is 0 Å². The maximum absolute atomic E-state index is 12.4. The van der Waals surface area contributed by atoms with E-state index in [9.17, 15) is 19.7 Å². The normalized spacial score (nSPS) is 18.1. The summed E-state index contributed by atoms with van der Waals surface area (Å²) in [5.74, 6) is -1.50. The summed E-state index contributed by atoms with van der Waals surface area (Å²) in [4.78, 5) is 35.1. The molecule has 0 radical (unpaired) electrons. The summed E-state index contributed by atoms with van der Waals surface area (Å²) in [7, 11) is 0. The zero-order valence-corrected chi connectivity index (χ0v) is 10.9. The second-order valence-corrected chi connectivity index (χ2v) is 4.70. The van der Waals surface area contributed by atoms with Gasteiger partial charge in [-0.15, -0.1) is 0 Å². The van der Waals surface area contributed by atoms with Gasteiger partial charge in [0, 0.05) is 23.7 Å². The van der Waals surface area contributed by atoms with Crippen LogP contribution in [0, 0.1) is 17.0 Å². The fourth-order valence-corrected chi connectivity index (χ4v) is 2.47. The summed E-state index contributed by atoms with van der Waals surface area (Å²) >= 11 is 0. The van der Waals surface area contributed by atoms with Gasteiger partial charge in [0.1, 0.15) is 6.04 Å². The average molecular weight is 278 g/mol. The Kier molecular flexibility index (Phi) is 3.69. The van der Waals surface area contributed by atoms with Gasteiger partial charge < -0.3 is 10.0 Å². The summed E-state index contributed by atoms with van der Waals surface area (Å²) < 4.78 is 0. The monoisotopic (exact) mass is 278 g/mol. The first-order valence-corrected chi connectivity index (χ1v) is 6.21. The number of carboxylic acids is 1. The van der Waals surface area contributed by atoms with Crippen molar-refractivity contribution in [3.8, 4) is 0 Å². The zero-order valence-electron chi connectivity index (χ0n) is 10.9. The van der Waals surface area contributed by atoms with Crippen LogP contribution < -0.4 is 0 Å². The van der Waals surface area contributed by atoms with Crippen molar-refractivity contribution in [2.75, 3.05) is 6.54 Å². The molecule has 1 atom stereocenters. The van der Waals surface area contributed by atoms with Crippen LogP contribution in [0.2, 0.25) is 0 Å². The van der Waals surface area contributed by atoms with E-state index in [0.717, 1.165) is 0 Å². The number of amides is 1. The number of nitrogens with zero attached hydrogens (tertiary/aromatic N) is 2. The lowest BCUT2D eigenvalue weighted by atomic mass is 10.1. The van der Waals surface area contributed by atoms with E-state index in [0.29, 0.717) is 19.4 Å². The largest absolute Gasteiger partial charge is 0.480 e. The number of carbonyl (C=O) groups is 2. The quantitative estimate of drug-likeness (QED) is 0.668. The van der Waals surface area contributed by atoms with Gasteiger partial charge in [-0.1, -0.05) is 6.07 Å². The van der Waals surface area contributed by atoms with Crippen LogP contribution in [0.5, 0.6) is 0 Å². The van der Waals surface area contributed by atoms with Gasteiger partial charge in [-0.05, 0) is 25.8 Å². The van der Waals surface area contributed by atoms with Crippen molar-refractivity contribution in [1.29, 1.82) is 0 Å². The fourth-order valence-electron chi connectivity index (χ4n) is 2.47. The van der Waals surface area contributed by atoms with Gasteiger partial charge in [-0.2, -0.15) is 0 Å². The summed E-state index contributed by atoms with van der Waals surface area (Å²) in [5.41, 5.74) is 0.313. The molecule has 20 heavy (non-hydrogen) atoms. The topological polar surface area (TPSA) is 101 Å². The number of hydrogen-bond acceptors (Lipinski definition) is 4. The van der Waals surface area contributed by atoms with Gasteiger partial charge in [-0.3, -0.25) is 14.9 Å². The highest BCUT2D eigenvalue weighted by atomic mass is 16.6. The van der Waals surface area contributed by atoms with E-state index in [1.807, 2.05) is 0 Å². The number of carbonyl (C=O) groups excluding carboxylic acids is 1. The van der Waals surface area contributed by atoms with Crippen molar-refractivity contribution in [2.24, 2.45) is 0 Å². The van der Waals surface area contributed by atoms with Crippen LogP contribution in [0.4, 0.5) is 5.69 Å². The molecule has 1 saturated heterocycles. The van der Waals surface area contributed by atoms with Crippen LogP contribution >= 0.6 is 0 Å². The fraction of sp³-hybridized carbons (Fsp3) is 0.385. The molecule has 7 nitrogen and oxygen atoms in total. The molecule has 1 aromatic carbocycles. The van der Waals surface area contributed by atoms with E-state index in [1.165, 1.54) is 30.0 Å². The molecule has 1 heterocycles. The molecule has 1 aliphatic rings. The Morgan fingerprint density at radius 3 is 2.75 bits per heavy atom. The summed E-state index contributed by atoms with van der Waals surface area (Å²) in [5, 5.41) is 20.0. The SMILES string of the molecule is Cc1c(C(=O)N2CCC[C@@H]2C(=O)O)cccc1[N+](=O)[O-]. The molecular weight excluding hydrogens is 264 g/mol. The smallest absolute Gasteiger partial charge is 0.326 e. The first kappa shape index (κ1) is 14.0. The van der Waals surface area contributed by atoms with Gasteiger partial charge in [0.05, 0.1) is 4.92 Å². The van der Waals surface area contributed by atoms with E-state index < -0.39 is 22.8 Å². The molecule has 0 bridgehead atoms. The van der Waals surface area contributed by atoms with Crippen molar-refractivity contribution >= 4 is 17.6 Å². The van der Waals surface area contributed by atoms with Gasteiger partial charge >= 0.3 is 5.97 Å². The Balaban J connectivity index is 2.37. The third kappa shape index (κ3) is 2.34. The standard InChI is InChI=1S/C13H14N2O5/c1-8-9(4-2-5-10(8)15(19)20)12(16)14-7-3-6-11(14)13(17)18/h2,4-5,11H,3,6-7H2,1H3,(H,17,18)/t11-/m1/s1. The molecule has 0 aromatic heterocycles. The second kappa shape index (κ2) is 5.28. The number of aliphatic carboxylic acids is 1. The number of rotatable bonds is 3. The van der Waals surface area contributed by atoms with E-state index in [2.05, 4.69) is 0 Å². The number of nitro benzene ring substituents is 1. The maximum atomic E-state index is 12.4. The molecule has 1 fully saturated rings. The van der Waals surface area contributed by atoms with Crippen LogP contribution in [-0.2, 0) is 4.79 Å². The average Bonchev–Trinajstić information content (AvgIpc) is 2.87. The predicted molar refractivity (Wildman–Crippen MR) is 69.5 cm³/mol. The molecule has 106 valence electrons. The summed E-state index contributed by atoms with van der Waals surface area (Å²) in [6.07, 6.45) is 1.03. The lowest BCUT2D eigenvalue weighted by Gasteiger charge is -2.22. The lowest BCUT2D eigenvalue weighted by Crippen LogP contribution is -2.40. The van der Waals surface area contributed by atoms with Crippen molar-refractivity contribution in [3.05, 3.63) is 39.4 Å². The third-order valence-electron chi connectivity index (χ3n) is 3.53. The Labute approximate surface area is 115 Å². The second-order valence-electron chi connectivity index (χ2n) is 4.70. The Bertz CT molecular complexity index is 584. The molecule has 0 unspecified atom stereocenters. The van der Waals surface area contributed by atoms with Gasteiger partial charge in [0.15, 0.2) is 0 Å². The van der Waals surface area contributed by atoms with Crippen LogP contribution in [0.3, 0.4) is 0 Å². The first-order chi connectivity index (χ1) is 9.43. The predicted octanol–water partition coefficient (Wildman–Crippen LogP) is 1.59. The van der Waals surface area contributed by atoms with Gasteiger partial charge in [0.25, 0.3) is 11.6 Å². The highest BCUT2D eigenvalue weighted by molar-refractivity contribution is 5.98. The highest BCUT2D eigenvalue weighted by Crippen LogP contribution is 2.25. The minimum absolute atomic E-state index is 0.137. The summed E-state index contributed by atoms with van der Waals surface area (Å²) in [6.45, 7) is 1.86. The molecular formula is C13H14N2O5. The van der Waals surface area contributed by atoms with E-state index in [1.54, 1.807) is 0 Å². The number of likely N-dealkylation sites (tertiary alicyclic amines) is 1. The van der Waals surface area contributed by atoms with Crippen LogP contribution in [0.15, 0.2) is 18.2 Å². The molecule has 7 heteroatoms. The minimum atomic E-state index is -1.04. The van der Waals surface area contributed by atoms with E-state index >= 15 is 0 Å². The third-order valence-corrected chi connectivity index (χ3v) is 3.53. The molecule has 1 amide bonds. The van der Waals surface area contributed by atoms with E-state index in [-0.39, 0.29) is 16.8 Å². The molecule has 0 saturated carbocycles. The minimum Gasteiger partial charge on any atom is -0.480 e. The molecule has 0 aliphatic carbocycles. The first-order valence-electron chi connectivity index (χ1n) is 6.21. The maximum Gasteiger partial charge on any atom is 0.326 e. The van der Waals surface area contributed by atoms with Crippen molar-refractivity contribution in [3.63, 3.8) is 0 Å². The van der Waals surface area contributed by atoms with Crippen molar-refractivity contribution in [1.82, 2.24) is 4.90 Å². The van der Waals surface area contributed by atoms with Gasteiger partial charge in [-0.25, -0.2) is 4.79 Å². The van der Waals surface area contributed by atoms with Gasteiger partial charge in [0.2, 0.25) is 0 Å². The highest BCUT2D eigenvalue weighted by Gasteiger charge is 2.35. The molecule has 1 aromatic rings. The lowest BCUT2D eigenvalue weighted by molar-refractivity contribution is -0.385. The molecule has 1 aliphatic heterocycles. The van der Waals surface area contributed by atoms with Crippen molar-refractivity contribution < 1.29 is 19.6 Å². The zero-order chi connectivity index (χ0) is 14.9. The Morgan fingerprint density at radius 2 is 2.15 bits per heavy atom. The van der Waals surface area contributed by atoms with Crippen LogP contribution in [0.1, 0.15) is 28.8 Å². The molecule has 1 N–H and O–H groups in total. The number of hydrogen-bond donors (Lipinski definition) is 1. The van der Waals surface area contributed by atoms with E-state index in [4.69, 9.17) is 5.11 Å². The molecule has 2 rings (SSSR count). The van der Waals surface area contributed by atoms with Crippen molar-refractivity contribution in [2.45, 2.75) is 25.8 Å². The number of carboxylic acid groups (broad SMARTS) is 1. The Hall–Kier alpha value is -2.44. The summed E-state index contributed by atoms with van der Waals surface area (Å²) in [6, 6.07) is 3.40. The number of benzene rings is 1. The number of nitro groups is 1. The van der Waals surface area contributed by atoms with Crippen LogP contribution in [-0.4, -0.2) is 39.4 Å². The Morgan fingerprint density at radius 1 is 1.45 bits per heavy atom. The molecule has 0 spiro atoms.